The van der Waals surface area contributed by atoms with Gasteiger partial charge in [-0.2, -0.15) is 0 Å². The molecular formula is C14H23N3O. The van der Waals surface area contributed by atoms with E-state index >= 15 is 0 Å². The van der Waals surface area contributed by atoms with E-state index in [0.717, 1.165) is 11.3 Å². The van der Waals surface area contributed by atoms with Crippen LogP contribution in [0.1, 0.15) is 39.3 Å². The van der Waals surface area contributed by atoms with Crippen molar-refractivity contribution in [3.8, 4) is 0 Å². The molecule has 0 heterocycles. The highest BCUT2D eigenvalue weighted by molar-refractivity contribution is 5.89. The Morgan fingerprint density at radius 1 is 1.28 bits per heavy atom. The number of hydrogen-bond acceptors (Lipinski definition) is 2. The molecule has 0 aliphatic heterocycles. The normalized spacial score (nSPS) is 12.9. The third-order valence-electron chi connectivity index (χ3n) is 2.57. The molecule has 4 heteroatoms. The number of rotatable bonds is 3. The maximum atomic E-state index is 11.7. The zero-order valence-electron chi connectivity index (χ0n) is 11.8. The van der Waals surface area contributed by atoms with Crippen LogP contribution in [0.25, 0.3) is 0 Å². The molecule has 0 spiro atoms. The average Bonchev–Trinajstić information content (AvgIpc) is 2.25. The van der Waals surface area contributed by atoms with Gasteiger partial charge in [-0.1, -0.05) is 12.1 Å². The molecule has 0 radical (unpaired) electrons. The molecule has 18 heavy (non-hydrogen) atoms. The zero-order valence-corrected chi connectivity index (χ0v) is 11.8. The van der Waals surface area contributed by atoms with Gasteiger partial charge in [0.05, 0.1) is 0 Å². The molecule has 0 bridgehead atoms. The molecule has 100 valence electrons. The molecular weight excluding hydrogens is 226 g/mol. The Morgan fingerprint density at radius 2 is 1.94 bits per heavy atom. The predicted molar refractivity (Wildman–Crippen MR) is 75.8 cm³/mol. The molecule has 1 aromatic rings. The van der Waals surface area contributed by atoms with Gasteiger partial charge >= 0.3 is 6.03 Å². The number of carbonyl (C=O) groups is 1. The van der Waals surface area contributed by atoms with Crippen molar-refractivity contribution in [3.63, 3.8) is 0 Å². The lowest BCUT2D eigenvalue weighted by molar-refractivity contribution is 0.244. The standard InChI is InChI=1S/C14H23N3O/c1-10(15-5)11-7-6-8-12(9-11)16-13(18)17-14(2,3)4/h6-10,15H,1-5H3,(H2,16,17,18). The smallest absolute Gasteiger partial charge is 0.319 e. The molecule has 0 aromatic heterocycles. The van der Waals surface area contributed by atoms with Crippen molar-refractivity contribution in [3.05, 3.63) is 29.8 Å². The van der Waals surface area contributed by atoms with Gasteiger partial charge in [-0.05, 0) is 52.4 Å². The van der Waals surface area contributed by atoms with Gasteiger partial charge in [-0.25, -0.2) is 4.79 Å². The number of hydrogen-bond donors (Lipinski definition) is 3. The Bertz CT molecular complexity index is 410. The van der Waals surface area contributed by atoms with E-state index in [4.69, 9.17) is 0 Å². The second kappa shape index (κ2) is 5.87. The van der Waals surface area contributed by atoms with Crippen LogP contribution >= 0.6 is 0 Å². The van der Waals surface area contributed by atoms with Crippen LogP contribution in [-0.4, -0.2) is 18.6 Å². The first-order chi connectivity index (χ1) is 8.31. The summed E-state index contributed by atoms with van der Waals surface area (Å²) in [6.07, 6.45) is 0. The minimum Gasteiger partial charge on any atom is -0.333 e. The number of anilines is 1. The van der Waals surface area contributed by atoms with E-state index in [2.05, 4.69) is 22.9 Å². The van der Waals surface area contributed by atoms with Gasteiger partial charge in [-0.15, -0.1) is 0 Å². The molecule has 1 atom stereocenters. The fourth-order valence-electron chi connectivity index (χ4n) is 1.56. The summed E-state index contributed by atoms with van der Waals surface area (Å²) < 4.78 is 0. The Morgan fingerprint density at radius 3 is 2.50 bits per heavy atom. The van der Waals surface area contributed by atoms with Crippen molar-refractivity contribution < 1.29 is 4.79 Å². The Labute approximate surface area is 109 Å². The van der Waals surface area contributed by atoms with Crippen LogP contribution in [0.2, 0.25) is 0 Å². The summed E-state index contributed by atoms with van der Waals surface area (Å²) in [6.45, 7) is 7.93. The van der Waals surface area contributed by atoms with Gasteiger partial charge in [0.2, 0.25) is 0 Å². The maximum absolute atomic E-state index is 11.7. The van der Waals surface area contributed by atoms with Gasteiger partial charge in [0, 0.05) is 17.3 Å². The molecule has 1 unspecified atom stereocenters. The predicted octanol–water partition coefficient (Wildman–Crippen LogP) is 2.89. The minimum absolute atomic E-state index is 0.184. The van der Waals surface area contributed by atoms with Crippen LogP contribution in [0.4, 0.5) is 10.5 Å². The van der Waals surface area contributed by atoms with Crippen molar-refractivity contribution >= 4 is 11.7 Å². The van der Waals surface area contributed by atoms with Crippen LogP contribution in [0.5, 0.6) is 0 Å². The highest BCUT2D eigenvalue weighted by Gasteiger charge is 2.13. The van der Waals surface area contributed by atoms with Gasteiger partial charge in [0.15, 0.2) is 0 Å². The topological polar surface area (TPSA) is 53.2 Å². The van der Waals surface area contributed by atoms with Gasteiger partial charge in [0.1, 0.15) is 0 Å². The van der Waals surface area contributed by atoms with E-state index in [9.17, 15) is 4.79 Å². The third-order valence-corrected chi connectivity index (χ3v) is 2.57. The fourth-order valence-corrected chi connectivity index (χ4v) is 1.56. The molecule has 0 aliphatic rings. The van der Waals surface area contributed by atoms with Gasteiger partial charge in [-0.3, -0.25) is 0 Å². The quantitative estimate of drug-likeness (QED) is 0.771. The lowest BCUT2D eigenvalue weighted by atomic mass is 10.1. The molecule has 3 N–H and O–H groups in total. The van der Waals surface area contributed by atoms with Crippen molar-refractivity contribution in [1.29, 1.82) is 0 Å². The molecule has 1 rings (SSSR count). The number of nitrogens with one attached hydrogen (secondary N) is 3. The van der Waals surface area contributed by atoms with E-state index in [1.807, 2.05) is 52.1 Å². The zero-order chi connectivity index (χ0) is 13.8. The highest BCUT2D eigenvalue weighted by Crippen LogP contribution is 2.17. The summed E-state index contributed by atoms with van der Waals surface area (Å²) in [5.41, 5.74) is 1.71. The van der Waals surface area contributed by atoms with Crippen molar-refractivity contribution in [1.82, 2.24) is 10.6 Å². The molecule has 0 fully saturated rings. The Kier molecular flexibility index (Phi) is 4.73. The number of amides is 2. The van der Waals surface area contributed by atoms with E-state index in [-0.39, 0.29) is 17.6 Å². The van der Waals surface area contributed by atoms with Crippen molar-refractivity contribution in [2.45, 2.75) is 39.3 Å². The van der Waals surface area contributed by atoms with E-state index < -0.39 is 0 Å². The summed E-state index contributed by atoms with van der Waals surface area (Å²) in [7, 11) is 1.91. The highest BCUT2D eigenvalue weighted by atomic mass is 16.2. The summed E-state index contributed by atoms with van der Waals surface area (Å²) in [6, 6.07) is 7.91. The van der Waals surface area contributed by atoms with Crippen LogP contribution < -0.4 is 16.0 Å². The second-order valence-electron chi connectivity index (χ2n) is 5.46. The SMILES string of the molecule is CNC(C)c1cccc(NC(=O)NC(C)(C)C)c1. The molecule has 1 aromatic carbocycles. The third kappa shape index (κ3) is 4.75. The van der Waals surface area contributed by atoms with Crippen LogP contribution in [0.15, 0.2) is 24.3 Å². The largest absolute Gasteiger partial charge is 0.333 e. The summed E-state index contributed by atoms with van der Waals surface area (Å²) in [5.74, 6) is 0. The maximum Gasteiger partial charge on any atom is 0.319 e. The Balaban J connectivity index is 2.71. The summed E-state index contributed by atoms with van der Waals surface area (Å²) in [4.78, 5) is 11.7. The van der Waals surface area contributed by atoms with Crippen LogP contribution in [0, 0.1) is 0 Å². The lowest BCUT2D eigenvalue weighted by Gasteiger charge is -2.21. The molecule has 2 amide bonds. The molecule has 0 saturated carbocycles. The van der Waals surface area contributed by atoms with E-state index in [0.29, 0.717) is 0 Å². The molecule has 0 aliphatic carbocycles. The van der Waals surface area contributed by atoms with Crippen LogP contribution in [0.3, 0.4) is 0 Å². The number of urea groups is 1. The summed E-state index contributed by atoms with van der Waals surface area (Å²) in [5, 5.41) is 8.88. The molecule has 0 saturated heterocycles. The van der Waals surface area contributed by atoms with Gasteiger partial charge in [0.25, 0.3) is 0 Å². The average molecular weight is 249 g/mol. The summed E-state index contributed by atoms with van der Waals surface area (Å²) >= 11 is 0. The lowest BCUT2D eigenvalue weighted by Crippen LogP contribution is -2.43. The van der Waals surface area contributed by atoms with E-state index in [1.54, 1.807) is 0 Å². The number of benzene rings is 1. The van der Waals surface area contributed by atoms with E-state index in [1.165, 1.54) is 0 Å². The minimum atomic E-state index is -0.236. The first kappa shape index (κ1) is 14.5. The Hall–Kier alpha value is -1.55. The molecule has 4 nitrogen and oxygen atoms in total. The number of carbonyl (C=O) groups excluding carboxylic acids is 1. The van der Waals surface area contributed by atoms with Crippen molar-refractivity contribution in [2.75, 3.05) is 12.4 Å². The first-order valence-electron chi connectivity index (χ1n) is 6.18. The first-order valence-corrected chi connectivity index (χ1v) is 6.18. The van der Waals surface area contributed by atoms with Crippen molar-refractivity contribution in [2.24, 2.45) is 0 Å². The van der Waals surface area contributed by atoms with Crippen LogP contribution in [-0.2, 0) is 0 Å². The monoisotopic (exact) mass is 249 g/mol. The second-order valence-corrected chi connectivity index (χ2v) is 5.46. The fraction of sp³-hybridized carbons (Fsp3) is 0.500. The van der Waals surface area contributed by atoms with Gasteiger partial charge < -0.3 is 16.0 Å².